The monoisotopic (exact) mass is 433 g/mol. The Hall–Kier alpha value is -2.39. The summed E-state index contributed by atoms with van der Waals surface area (Å²) in [5.41, 5.74) is 1.31. The molecule has 7 nitrogen and oxygen atoms in total. The Balaban J connectivity index is 1.75. The van der Waals surface area contributed by atoms with E-state index in [9.17, 15) is 14.4 Å². The number of amides is 2. The van der Waals surface area contributed by atoms with Crippen LogP contribution in [-0.2, 0) is 20.9 Å². The zero-order valence-corrected chi connectivity index (χ0v) is 17.9. The molecule has 0 radical (unpaired) electrons. The van der Waals surface area contributed by atoms with E-state index in [1.807, 2.05) is 15.5 Å². The molecule has 1 aromatic heterocycles. The molecule has 0 bridgehead atoms. The number of carbonyl (C=O) groups excluding carboxylic acids is 3. The van der Waals surface area contributed by atoms with Gasteiger partial charge in [-0.2, -0.15) is 4.99 Å². The van der Waals surface area contributed by atoms with Crippen LogP contribution in [0.15, 0.2) is 35.8 Å². The summed E-state index contributed by atoms with van der Waals surface area (Å²) < 4.78 is 7.48. The van der Waals surface area contributed by atoms with E-state index in [2.05, 4.69) is 11.6 Å². The van der Waals surface area contributed by atoms with Gasteiger partial charge in [0.05, 0.1) is 34.4 Å². The van der Waals surface area contributed by atoms with Gasteiger partial charge in [0.15, 0.2) is 4.80 Å². The molecule has 2 aromatic rings. The number of fused-ring (bicyclic) bond motifs is 1. The molecule has 1 aliphatic rings. The van der Waals surface area contributed by atoms with Gasteiger partial charge < -0.3 is 14.2 Å². The summed E-state index contributed by atoms with van der Waals surface area (Å²) >= 11 is 2.62. The van der Waals surface area contributed by atoms with Gasteiger partial charge in [0, 0.05) is 19.6 Å². The maximum Gasteiger partial charge on any atom is 0.337 e. The predicted octanol–water partition coefficient (Wildman–Crippen LogP) is 2.46. The van der Waals surface area contributed by atoms with Crippen molar-refractivity contribution in [2.45, 2.75) is 19.4 Å². The molecule has 0 unspecified atom stereocenters. The van der Waals surface area contributed by atoms with E-state index in [4.69, 9.17) is 4.74 Å². The number of hydrogen-bond donors (Lipinski definition) is 0. The molecule has 0 spiro atoms. The second-order valence-electron chi connectivity index (χ2n) is 6.54. The third-order valence-corrected chi connectivity index (χ3v) is 6.49. The number of likely N-dealkylation sites (tertiary alicyclic amines) is 1. The molecule has 1 aromatic carbocycles. The van der Waals surface area contributed by atoms with Gasteiger partial charge in [-0.1, -0.05) is 17.4 Å². The predicted molar refractivity (Wildman–Crippen MR) is 115 cm³/mol. The zero-order chi connectivity index (χ0) is 20.8. The minimum Gasteiger partial charge on any atom is -0.465 e. The van der Waals surface area contributed by atoms with Crippen LogP contribution in [0.2, 0.25) is 0 Å². The lowest BCUT2D eigenvalue weighted by Crippen LogP contribution is -2.29. The van der Waals surface area contributed by atoms with E-state index >= 15 is 0 Å². The lowest BCUT2D eigenvalue weighted by atomic mass is 10.2. The molecule has 0 N–H and O–H groups in total. The van der Waals surface area contributed by atoms with Crippen LogP contribution in [0, 0.1) is 0 Å². The summed E-state index contributed by atoms with van der Waals surface area (Å²) in [6.07, 6.45) is 3.84. The van der Waals surface area contributed by atoms with Crippen LogP contribution in [0.1, 0.15) is 23.2 Å². The third kappa shape index (κ3) is 5.16. The van der Waals surface area contributed by atoms with Gasteiger partial charge in [-0.15, -0.1) is 18.3 Å². The number of ether oxygens (including phenoxy) is 1. The Kier molecular flexibility index (Phi) is 7.27. The average Bonchev–Trinajstić information content (AvgIpc) is 3.36. The Morgan fingerprint density at radius 2 is 2.03 bits per heavy atom. The Morgan fingerprint density at radius 1 is 1.28 bits per heavy atom. The third-order valence-electron chi connectivity index (χ3n) is 4.55. The maximum atomic E-state index is 12.4. The summed E-state index contributed by atoms with van der Waals surface area (Å²) in [5.74, 6) is -0.178. The van der Waals surface area contributed by atoms with Crippen LogP contribution in [0.5, 0.6) is 0 Å². The molecule has 1 aliphatic heterocycles. The fraction of sp³-hybridized carbons (Fsp3) is 0.400. The molecular weight excluding hydrogens is 410 g/mol. The number of aromatic nitrogens is 1. The van der Waals surface area contributed by atoms with Crippen molar-refractivity contribution in [1.82, 2.24) is 9.47 Å². The summed E-state index contributed by atoms with van der Waals surface area (Å²) in [7, 11) is 1.34. The molecular formula is C20H23N3O4S2. The van der Waals surface area contributed by atoms with E-state index in [-0.39, 0.29) is 17.6 Å². The first-order chi connectivity index (χ1) is 14.0. The van der Waals surface area contributed by atoms with Crippen molar-refractivity contribution in [3.63, 3.8) is 0 Å². The molecule has 0 atom stereocenters. The summed E-state index contributed by atoms with van der Waals surface area (Å²) in [6.45, 7) is 5.88. The highest BCUT2D eigenvalue weighted by atomic mass is 32.2. The SMILES string of the molecule is C=CCn1c(=NC(=O)CSCC(=O)N2CCCC2)sc2cc(C(=O)OC)ccc21. The van der Waals surface area contributed by atoms with E-state index < -0.39 is 5.97 Å². The van der Waals surface area contributed by atoms with Crippen molar-refractivity contribution in [2.75, 3.05) is 31.7 Å². The average molecular weight is 434 g/mol. The zero-order valence-electron chi connectivity index (χ0n) is 16.3. The minimum atomic E-state index is -0.413. The molecule has 2 amide bonds. The number of nitrogens with zero attached hydrogens (tertiary/aromatic N) is 3. The quantitative estimate of drug-likeness (QED) is 0.495. The smallest absolute Gasteiger partial charge is 0.337 e. The number of carbonyl (C=O) groups is 3. The molecule has 9 heteroatoms. The number of rotatable bonds is 7. The lowest BCUT2D eigenvalue weighted by Gasteiger charge is -2.14. The molecule has 0 aliphatic carbocycles. The van der Waals surface area contributed by atoms with E-state index in [1.54, 1.807) is 18.2 Å². The largest absolute Gasteiger partial charge is 0.465 e. The molecule has 154 valence electrons. The number of esters is 1. The lowest BCUT2D eigenvalue weighted by molar-refractivity contribution is -0.127. The first-order valence-electron chi connectivity index (χ1n) is 9.29. The first-order valence-corrected chi connectivity index (χ1v) is 11.3. The number of thiazole rings is 1. The van der Waals surface area contributed by atoms with E-state index in [1.165, 1.54) is 30.2 Å². The second kappa shape index (κ2) is 9.89. The first kappa shape index (κ1) is 21.3. The van der Waals surface area contributed by atoms with Crippen LogP contribution in [0.25, 0.3) is 10.2 Å². The molecule has 2 heterocycles. The van der Waals surface area contributed by atoms with Gasteiger partial charge in [0.1, 0.15) is 0 Å². The van der Waals surface area contributed by atoms with Crippen molar-refractivity contribution < 1.29 is 19.1 Å². The molecule has 1 fully saturated rings. The van der Waals surface area contributed by atoms with Gasteiger partial charge in [0.2, 0.25) is 5.91 Å². The summed E-state index contributed by atoms with van der Waals surface area (Å²) in [4.78, 5) is 42.8. The molecule has 3 rings (SSSR count). The highest BCUT2D eigenvalue weighted by Crippen LogP contribution is 2.20. The van der Waals surface area contributed by atoms with Gasteiger partial charge in [-0.25, -0.2) is 4.79 Å². The van der Waals surface area contributed by atoms with E-state index in [0.717, 1.165) is 36.1 Å². The second-order valence-corrected chi connectivity index (χ2v) is 8.54. The van der Waals surface area contributed by atoms with Crippen molar-refractivity contribution in [2.24, 2.45) is 4.99 Å². The van der Waals surface area contributed by atoms with Gasteiger partial charge in [-0.05, 0) is 31.0 Å². The number of hydrogen-bond acceptors (Lipinski definition) is 6. The van der Waals surface area contributed by atoms with Crippen molar-refractivity contribution >= 4 is 51.1 Å². The van der Waals surface area contributed by atoms with Gasteiger partial charge >= 0.3 is 5.97 Å². The summed E-state index contributed by atoms with van der Waals surface area (Å²) in [6, 6.07) is 5.23. The Bertz CT molecular complexity index is 1000. The normalized spacial score (nSPS) is 14.4. The van der Waals surface area contributed by atoms with Gasteiger partial charge in [-0.3, -0.25) is 9.59 Å². The standard InChI is InChI=1S/C20H23N3O4S2/c1-3-8-23-15-7-6-14(19(26)27-2)11-16(15)29-20(23)21-17(24)12-28-13-18(25)22-9-4-5-10-22/h3,6-7,11H,1,4-5,8-10,12-13H2,2H3. The highest BCUT2D eigenvalue weighted by Gasteiger charge is 2.18. The van der Waals surface area contributed by atoms with E-state index in [0.29, 0.717) is 22.7 Å². The summed E-state index contributed by atoms with van der Waals surface area (Å²) in [5, 5.41) is 0. The molecule has 0 saturated carbocycles. The van der Waals surface area contributed by atoms with Crippen LogP contribution in [0.4, 0.5) is 0 Å². The maximum absolute atomic E-state index is 12.4. The number of thioether (sulfide) groups is 1. The number of methoxy groups -OCH3 is 1. The molecule has 29 heavy (non-hydrogen) atoms. The van der Waals surface area contributed by atoms with Crippen molar-refractivity contribution in [3.8, 4) is 0 Å². The Labute approximate surface area is 177 Å². The fourth-order valence-electron chi connectivity index (χ4n) is 3.13. The number of benzene rings is 1. The highest BCUT2D eigenvalue weighted by molar-refractivity contribution is 8.00. The van der Waals surface area contributed by atoms with Crippen LogP contribution in [-0.4, -0.2) is 59.0 Å². The van der Waals surface area contributed by atoms with Crippen molar-refractivity contribution in [3.05, 3.63) is 41.2 Å². The topological polar surface area (TPSA) is 81.0 Å². The van der Waals surface area contributed by atoms with Crippen LogP contribution < -0.4 is 4.80 Å². The van der Waals surface area contributed by atoms with Crippen LogP contribution in [0.3, 0.4) is 0 Å². The van der Waals surface area contributed by atoms with Crippen molar-refractivity contribution in [1.29, 1.82) is 0 Å². The Morgan fingerprint density at radius 3 is 2.72 bits per heavy atom. The fourth-order valence-corrected chi connectivity index (χ4v) is 4.93. The number of allylic oxidation sites excluding steroid dienone is 1. The van der Waals surface area contributed by atoms with Gasteiger partial charge in [0.25, 0.3) is 5.91 Å². The minimum absolute atomic E-state index is 0.0826. The van der Waals surface area contributed by atoms with Crippen LogP contribution >= 0.6 is 23.1 Å². The molecule has 1 saturated heterocycles.